The highest BCUT2D eigenvalue weighted by atomic mass is 16.4. The third-order valence-corrected chi connectivity index (χ3v) is 5.41. The van der Waals surface area contributed by atoms with E-state index in [4.69, 9.17) is 0 Å². The fraction of sp³-hybridized carbons (Fsp3) is 0.882. The lowest BCUT2D eigenvalue weighted by Gasteiger charge is -2.28. The summed E-state index contributed by atoms with van der Waals surface area (Å²) in [6.45, 7) is 3.02. The van der Waals surface area contributed by atoms with E-state index in [1.54, 1.807) is 0 Å². The molecular weight excluding hydrogens is 266 g/mol. The van der Waals surface area contributed by atoms with Gasteiger partial charge in [0.25, 0.3) is 0 Å². The molecule has 120 valence electrons. The number of aliphatic carboxylic acids is 1. The van der Waals surface area contributed by atoms with Crippen molar-refractivity contribution < 1.29 is 14.7 Å². The quantitative estimate of drug-likeness (QED) is 0.818. The lowest BCUT2D eigenvalue weighted by atomic mass is 9.78. The Bertz CT molecular complexity index is 361. The van der Waals surface area contributed by atoms with Crippen LogP contribution in [-0.4, -0.2) is 23.5 Å². The first kappa shape index (κ1) is 16.3. The smallest absolute Gasteiger partial charge is 0.307 e. The molecule has 2 N–H and O–H groups in total. The summed E-state index contributed by atoms with van der Waals surface area (Å²) in [6.07, 6.45) is 9.49. The summed E-state index contributed by atoms with van der Waals surface area (Å²) in [7, 11) is 0. The van der Waals surface area contributed by atoms with Crippen LogP contribution < -0.4 is 5.32 Å². The van der Waals surface area contributed by atoms with Crippen LogP contribution in [0.2, 0.25) is 0 Å². The molecule has 4 nitrogen and oxygen atoms in total. The molecule has 1 amide bonds. The molecule has 2 aliphatic carbocycles. The standard InChI is InChI=1S/C17H29NO3/c1-12-6-8-13(9-7-12)10-11-18-16(19)14-4-2-3-5-15(14)17(20)21/h12-15H,2-11H2,1H3,(H,18,19)(H,20,21)/t12?,13?,14-,15+/m1/s1. The van der Waals surface area contributed by atoms with E-state index in [2.05, 4.69) is 12.2 Å². The maximum Gasteiger partial charge on any atom is 0.307 e. The molecule has 0 aromatic rings. The molecule has 0 radical (unpaired) electrons. The molecule has 0 spiro atoms. The van der Waals surface area contributed by atoms with Crippen LogP contribution in [0.1, 0.15) is 64.7 Å². The van der Waals surface area contributed by atoms with E-state index < -0.39 is 11.9 Å². The van der Waals surface area contributed by atoms with Crippen molar-refractivity contribution in [1.29, 1.82) is 0 Å². The minimum atomic E-state index is -0.809. The highest BCUT2D eigenvalue weighted by Gasteiger charge is 2.35. The average Bonchev–Trinajstić information content (AvgIpc) is 2.49. The third-order valence-electron chi connectivity index (χ3n) is 5.41. The zero-order chi connectivity index (χ0) is 15.2. The molecule has 0 unspecified atom stereocenters. The fourth-order valence-electron chi connectivity index (χ4n) is 3.89. The molecule has 0 aliphatic heterocycles. The number of nitrogens with one attached hydrogen (secondary N) is 1. The predicted molar refractivity (Wildman–Crippen MR) is 81.8 cm³/mol. The van der Waals surface area contributed by atoms with Crippen molar-refractivity contribution in [3.8, 4) is 0 Å². The first-order chi connectivity index (χ1) is 10.1. The Kier molecular flexibility index (Phi) is 6.07. The van der Waals surface area contributed by atoms with Gasteiger partial charge in [0.2, 0.25) is 5.91 Å². The predicted octanol–water partition coefficient (Wildman–Crippen LogP) is 3.21. The summed E-state index contributed by atoms with van der Waals surface area (Å²) in [5.74, 6) is -0.0446. The highest BCUT2D eigenvalue weighted by molar-refractivity contribution is 5.84. The lowest BCUT2D eigenvalue weighted by Crippen LogP contribution is -2.40. The minimum absolute atomic E-state index is 0.0359. The Morgan fingerprint density at radius 1 is 1.00 bits per heavy atom. The summed E-state index contributed by atoms with van der Waals surface area (Å²) in [4.78, 5) is 23.5. The van der Waals surface area contributed by atoms with Gasteiger partial charge >= 0.3 is 5.97 Å². The largest absolute Gasteiger partial charge is 0.481 e. The Balaban J connectivity index is 1.72. The maximum atomic E-state index is 12.2. The van der Waals surface area contributed by atoms with E-state index in [0.29, 0.717) is 13.0 Å². The van der Waals surface area contributed by atoms with Gasteiger partial charge in [-0.3, -0.25) is 9.59 Å². The summed E-state index contributed by atoms with van der Waals surface area (Å²) in [5.41, 5.74) is 0. The van der Waals surface area contributed by atoms with E-state index in [1.807, 2.05) is 0 Å². The second-order valence-corrected chi connectivity index (χ2v) is 7.04. The van der Waals surface area contributed by atoms with Gasteiger partial charge in [-0.05, 0) is 31.1 Å². The third kappa shape index (κ3) is 4.72. The maximum absolute atomic E-state index is 12.2. The number of hydrogen-bond acceptors (Lipinski definition) is 2. The summed E-state index contributed by atoms with van der Waals surface area (Å²) in [5, 5.41) is 12.2. The van der Waals surface area contributed by atoms with Crippen LogP contribution in [0, 0.1) is 23.7 Å². The summed E-state index contributed by atoms with van der Waals surface area (Å²) in [6, 6.07) is 0. The van der Waals surface area contributed by atoms with Gasteiger partial charge in [0.1, 0.15) is 0 Å². The first-order valence-electron chi connectivity index (χ1n) is 8.58. The topological polar surface area (TPSA) is 66.4 Å². The number of amides is 1. The van der Waals surface area contributed by atoms with Crippen molar-refractivity contribution in [2.75, 3.05) is 6.54 Å². The van der Waals surface area contributed by atoms with Crippen LogP contribution in [0.3, 0.4) is 0 Å². The number of carbonyl (C=O) groups excluding carboxylic acids is 1. The van der Waals surface area contributed by atoms with Gasteiger partial charge in [-0.25, -0.2) is 0 Å². The van der Waals surface area contributed by atoms with Crippen LogP contribution >= 0.6 is 0 Å². The number of carboxylic acid groups (broad SMARTS) is 1. The minimum Gasteiger partial charge on any atom is -0.481 e. The molecule has 2 aliphatic rings. The molecule has 0 heterocycles. The van der Waals surface area contributed by atoms with Crippen molar-refractivity contribution >= 4 is 11.9 Å². The van der Waals surface area contributed by atoms with Gasteiger partial charge < -0.3 is 10.4 Å². The highest BCUT2D eigenvalue weighted by Crippen LogP contribution is 2.31. The molecule has 2 atom stereocenters. The van der Waals surface area contributed by atoms with Crippen molar-refractivity contribution in [2.24, 2.45) is 23.7 Å². The fourth-order valence-corrected chi connectivity index (χ4v) is 3.89. The van der Waals surface area contributed by atoms with Crippen LogP contribution in [0.25, 0.3) is 0 Å². The van der Waals surface area contributed by atoms with Crippen molar-refractivity contribution in [3.63, 3.8) is 0 Å². The molecule has 2 rings (SSSR count). The molecule has 21 heavy (non-hydrogen) atoms. The van der Waals surface area contributed by atoms with Crippen LogP contribution in [0.5, 0.6) is 0 Å². The van der Waals surface area contributed by atoms with Crippen LogP contribution in [-0.2, 0) is 9.59 Å². The Morgan fingerprint density at radius 2 is 1.62 bits per heavy atom. The molecular formula is C17H29NO3. The van der Waals surface area contributed by atoms with Crippen molar-refractivity contribution in [2.45, 2.75) is 64.7 Å². The van der Waals surface area contributed by atoms with Gasteiger partial charge in [0.15, 0.2) is 0 Å². The van der Waals surface area contributed by atoms with Gasteiger partial charge in [-0.1, -0.05) is 45.4 Å². The second kappa shape index (κ2) is 7.81. The van der Waals surface area contributed by atoms with E-state index in [9.17, 15) is 14.7 Å². The molecule has 0 aromatic heterocycles. The molecule has 0 aromatic carbocycles. The van der Waals surface area contributed by atoms with E-state index in [0.717, 1.165) is 37.5 Å². The van der Waals surface area contributed by atoms with E-state index in [1.165, 1.54) is 25.7 Å². The average molecular weight is 295 g/mol. The molecule has 2 saturated carbocycles. The number of rotatable bonds is 5. The van der Waals surface area contributed by atoms with Gasteiger partial charge in [0.05, 0.1) is 11.8 Å². The number of carbonyl (C=O) groups is 2. The monoisotopic (exact) mass is 295 g/mol. The Morgan fingerprint density at radius 3 is 2.24 bits per heavy atom. The van der Waals surface area contributed by atoms with E-state index in [-0.39, 0.29) is 11.8 Å². The molecule has 2 fully saturated rings. The molecule has 0 saturated heterocycles. The normalized spacial score (nSPS) is 33.4. The van der Waals surface area contributed by atoms with Crippen LogP contribution in [0.4, 0.5) is 0 Å². The first-order valence-corrected chi connectivity index (χ1v) is 8.58. The van der Waals surface area contributed by atoms with E-state index >= 15 is 0 Å². The zero-order valence-corrected chi connectivity index (χ0v) is 13.1. The SMILES string of the molecule is CC1CCC(CCNC(=O)[C@@H]2CCCC[C@@H]2C(=O)O)CC1. The summed E-state index contributed by atoms with van der Waals surface area (Å²) < 4.78 is 0. The van der Waals surface area contributed by atoms with Gasteiger partial charge in [-0.15, -0.1) is 0 Å². The molecule has 0 bridgehead atoms. The van der Waals surface area contributed by atoms with Gasteiger partial charge in [0, 0.05) is 6.54 Å². The molecule has 4 heteroatoms. The second-order valence-electron chi connectivity index (χ2n) is 7.04. The summed E-state index contributed by atoms with van der Waals surface area (Å²) >= 11 is 0. The zero-order valence-electron chi connectivity index (χ0n) is 13.1. The number of hydrogen-bond donors (Lipinski definition) is 2. The Hall–Kier alpha value is -1.06. The van der Waals surface area contributed by atoms with Crippen LogP contribution in [0.15, 0.2) is 0 Å². The van der Waals surface area contributed by atoms with Crippen molar-refractivity contribution in [1.82, 2.24) is 5.32 Å². The van der Waals surface area contributed by atoms with Gasteiger partial charge in [-0.2, -0.15) is 0 Å². The Labute approximate surface area is 127 Å². The van der Waals surface area contributed by atoms with Crippen molar-refractivity contribution in [3.05, 3.63) is 0 Å². The lowest BCUT2D eigenvalue weighted by molar-refractivity contribution is -0.148. The number of carboxylic acids is 1.